The highest BCUT2D eigenvalue weighted by atomic mass is 79.9. The normalized spacial score (nSPS) is 10.5. The molecule has 0 spiro atoms. The van der Waals surface area contributed by atoms with Crippen molar-refractivity contribution in [3.63, 3.8) is 0 Å². The van der Waals surface area contributed by atoms with E-state index in [1.54, 1.807) is 0 Å². The number of allylic oxidation sites excluding steroid dienone is 1. The Bertz CT molecular complexity index is 511. The van der Waals surface area contributed by atoms with E-state index >= 15 is 0 Å². The molecule has 2 nitrogen and oxygen atoms in total. The van der Waals surface area contributed by atoms with E-state index in [2.05, 4.69) is 58.8 Å². The quantitative estimate of drug-likeness (QED) is 0.786. The van der Waals surface area contributed by atoms with Crippen molar-refractivity contribution in [3.05, 3.63) is 59.9 Å². The third-order valence-corrected chi connectivity index (χ3v) is 3.34. The number of alkyl halides is 1. The number of halogens is 1. The number of hydrogen-bond acceptors (Lipinski definition) is 1. The van der Waals surface area contributed by atoms with E-state index in [0.717, 1.165) is 23.0 Å². The predicted octanol–water partition coefficient (Wildman–Crippen LogP) is 3.65. The SMILES string of the molecule is C=C(CBr)c1cnn(Cc2ccc(C)cc2)c1. The lowest BCUT2D eigenvalue weighted by atomic mass is 10.1. The Morgan fingerprint density at radius 2 is 2.06 bits per heavy atom. The molecule has 0 fully saturated rings. The molecule has 0 saturated heterocycles. The summed E-state index contributed by atoms with van der Waals surface area (Å²) in [5.41, 5.74) is 4.69. The summed E-state index contributed by atoms with van der Waals surface area (Å²) in [5.74, 6) is 0. The fourth-order valence-electron chi connectivity index (χ4n) is 1.59. The Hall–Kier alpha value is -1.35. The molecule has 0 atom stereocenters. The Morgan fingerprint density at radius 3 is 2.71 bits per heavy atom. The van der Waals surface area contributed by atoms with Crippen molar-refractivity contribution in [2.45, 2.75) is 13.5 Å². The number of rotatable bonds is 4. The monoisotopic (exact) mass is 290 g/mol. The van der Waals surface area contributed by atoms with Crippen molar-refractivity contribution in [2.24, 2.45) is 0 Å². The lowest BCUT2D eigenvalue weighted by Gasteiger charge is -2.02. The van der Waals surface area contributed by atoms with Crippen LogP contribution in [0.15, 0.2) is 43.2 Å². The first-order valence-electron chi connectivity index (χ1n) is 5.51. The summed E-state index contributed by atoms with van der Waals surface area (Å²) in [6.45, 7) is 6.87. The summed E-state index contributed by atoms with van der Waals surface area (Å²) in [6.07, 6.45) is 3.89. The van der Waals surface area contributed by atoms with E-state index in [1.807, 2.05) is 17.1 Å². The molecule has 0 unspecified atom stereocenters. The fourth-order valence-corrected chi connectivity index (χ4v) is 1.91. The van der Waals surface area contributed by atoms with Crippen LogP contribution in [0.4, 0.5) is 0 Å². The van der Waals surface area contributed by atoms with Crippen molar-refractivity contribution in [3.8, 4) is 0 Å². The van der Waals surface area contributed by atoms with Crippen LogP contribution in [-0.4, -0.2) is 15.1 Å². The largest absolute Gasteiger partial charge is 0.268 e. The average Bonchev–Trinajstić information content (AvgIpc) is 2.80. The Labute approximate surface area is 110 Å². The Morgan fingerprint density at radius 1 is 1.35 bits per heavy atom. The lowest BCUT2D eigenvalue weighted by Crippen LogP contribution is -1.99. The highest BCUT2D eigenvalue weighted by molar-refractivity contribution is 9.09. The molecule has 0 bridgehead atoms. The molecule has 0 amide bonds. The lowest BCUT2D eigenvalue weighted by molar-refractivity contribution is 0.686. The van der Waals surface area contributed by atoms with Crippen LogP contribution >= 0.6 is 15.9 Å². The molecule has 88 valence electrons. The molecule has 1 aromatic carbocycles. The van der Waals surface area contributed by atoms with Crippen LogP contribution in [0.1, 0.15) is 16.7 Å². The summed E-state index contributed by atoms with van der Waals surface area (Å²) < 4.78 is 1.94. The van der Waals surface area contributed by atoms with Gasteiger partial charge in [0.25, 0.3) is 0 Å². The van der Waals surface area contributed by atoms with Gasteiger partial charge >= 0.3 is 0 Å². The molecule has 2 rings (SSSR count). The van der Waals surface area contributed by atoms with Gasteiger partial charge in [-0.05, 0) is 18.1 Å². The minimum Gasteiger partial charge on any atom is -0.268 e. The first kappa shape index (κ1) is 12.1. The number of benzene rings is 1. The van der Waals surface area contributed by atoms with Crippen molar-refractivity contribution in [1.82, 2.24) is 9.78 Å². The summed E-state index contributed by atoms with van der Waals surface area (Å²) in [5, 5.41) is 5.12. The second-order valence-electron chi connectivity index (χ2n) is 4.15. The zero-order valence-corrected chi connectivity index (χ0v) is 11.4. The van der Waals surface area contributed by atoms with E-state index < -0.39 is 0 Å². The second kappa shape index (κ2) is 5.32. The molecule has 0 radical (unpaired) electrons. The number of nitrogens with zero attached hydrogens (tertiary/aromatic N) is 2. The van der Waals surface area contributed by atoms with Crippen LogP contribution in [-0.2, 0) is 6.54 Å². The van der Waals surface area contributed by atoms with Crippen molar-refractivity contribution in [2.75, 3.05) is 5.33 Å². The van der Waals surface area contributed by atoms with Crippen molar-refractivity contribution < 1.29 is 0 Å². The zero-order chi connectivity index (χ0) is 12.3. The van der Waals surface area contributed by atoms with Crippen LogP contribution in [0, 0.1) is 6.92 Å². The topological polar surface area (TPSA) is 17.8 Å². The fraction of sp³-hybridized carbons (Fsp3) is 0.214. The van der Waals surface area contributed by atoms with E-state index in [0.29, 0.717) is 0 Å². The molecule has 1 aromatic heterocycles. The first-order valence-corrected chi connectivity index (χ1v) is 6.63. The third kappa shape index (κ3) is 3.07. The maximum atomic E-state index is 4.34. The van der Waals surface area contributed by atoms with Gasteiger partial charge in [0, 0.05) is 17.1 Å². The molecule has 1 heterocycles. The highest BCUT2D eigenvalue weighted by Crippen LogP contribution is 2.14. The highest BCUT2D eigenvalue weighted by Gasteiger charge is 2.02. The van der Waals surface area contributed by atoms with Crippen LogP contribution in [0.3, 0.4) is 0 Å². The zero-order valence-electron chi connectivity index (χ0n) is 9.86. The predicted molar refractivity (Wildman–Crippen MR) is 75.3 cm³/mol. The van der Waals surface area contributed by atoms with Gasteiger partial charge in [-0.3, -0.25) is 4.68 Å². The Kier molecular flexibility index (Phi) is 3.79. The number of hydrogen-bond donors (Lipinski definition) is 0. The van der Waals surface area contributed by atoms with Gasteiger partial charge in [0.15, 0.2) is 0 Å². The van der Waals surface area contributed by atoms with Gasteiger partial charge in [-0.1, -0.05) is 52.3 Å². The summed E-state index contributed by atoms with van der Waals surface area (Å²) in [7, 11) is 0. The van der Waals surface area contributed by atoms with Gasteiger partial charge < -0.3 is 0 Å². The molecule has 3 heteroatoms. The Balaban J connectivity index is 2.11. The van der Waals surface area contributed by atoms with E-state index in [-0.39, 0.29) is 0 Å². The molecule has 0 aliphatic carbocycles. The molecule has 17 heavy (non-hydrogen) atoms. The van der Waals surface area contributed by atoms with E-state index in [9.17, 15) is 0 Å². The second-order valence-corrected chi connectivity index (χ2v) is 4.71. The standard InChI is InChI=1S/C14H15BrN2/c1-11-3-5-13(6-4-11)9-17-10-14(8-16-17)12(2)7-15/h3-6,8,10H,2,7,9H2,1H3. The van der Waals surface area contributed by atoms with Crippen LogP contribution in [0.25, 0.3) is 5.57 Å². The third-order valence-electron chi connectivity index (χ3n) is 2.67. The van der Waals surface area contributed by atoms with Crippen molar-refractivity contribution in [1.29, 1.82) is 0 Å². The molecule has 0 aliphatic heterocycles. The molecule has 0 N–H and O–H groups in total. The molecule has 0 saturated carbocycles. The van der Waals surface area contributed by atoms with Crippen LogP contribution in [0.5, 0.6) is 0 Å². The smallest absolute Gasteiger partial charge is 0.0659 e. The van der Waals surface area contributed by atoms with E-state index in [4.69, 9.17) is 0 Å². The molecule has 0 aliphatic rings. The van der Waals surface area contributed by atoms with E-state index in [1.165, 1.54) is 11.1 Å². The van der Waals surface area contributed by atoms with Gasteiger partial charge in [0.05, 0.1) is 12.7 Å². The van der Waals surface area contributed by atoms with Gasteiger partial charge in [0.1, 0.15) is 0 Å². The number of aryl methyl sites for hydroxylation is 1. The maximum Gasteiger partial charge on any atom is 0.0659 e. The maximum absolute atomic E-state index is 4.34. The molecular weight excluding hydrogens is 276 g/mol. The summed E-state index contributed by atoms with van der Waals surface area (Å²) >= 11 is 3.40. The van der Waals surface area contributed by atoms with Crippen LogP contribution < -0.4 is 0 Å². The van der Waals surface area contributed by atoms with Gasteiger partial charge in [-0.15, -0.1) is 0 Å². The summed E-state index contributed by atoms with van der Waals surface area (Å²) in [4.78, 5) is 0. The minimum absolute atomic E-state index is 0.781. The molecular formula is C14H15BrN2. The average molecular weight is 291 g/mol. The van der Waals surface area contributed by atoms with Gasteiger partial charge in [0.2, 0.25) is 0 Å². The van der Waals surface area contributed by atoms with Gasteiger partial charge in [-0.25, -0.2) is 0 Å². The molecule has 2 aromatic rings. The van der Waals surface area contributed by atoms with Crippen molar-refractivity contribution >= 4 is 21.5 Å². The van der Waals surface area contributed by atoms with Gasteiger partial charge in [-0.2, -0.15) is 5.10 Å². The first-order chi connectivity index (χ1) is 8.19. The summed E-state index contributed by atoms with van der Waals surface area (Å²) in [6, 6.07) is 8.51. The van der Waals surface area contributed by atoms with Crippen LogP contribution in [0.2, 0.25) is 0 Å². The number of aromatic nitrogens is 2. The minimum atomic E-state index is 0.781.